The van der Waals surface area contributed by atoms with Crippen molar-refractivity contribution in [1.82, 2.24) is 9.88 Å². The second kappa shape index (κ2) is 7.72. The Morgan fingerprint density at radius 1 is 1.00 bits per heavy atom. The van der Waals surface area contributed by atoms with Gasteiger partial charge in [0.15, 0.2) is 6.61 Å². The van der Waals surface area contributed by atoms with Gasteiger partial charge >= 0.3 is 0 Å². The van der Waals surface area contributed by atoms with Gasteiger partial charge in [0.2, 0.25) is 0 Å². The summed E-state index contributed by atoms with van der Waals surface area (Å²) in [6.07, 6.45) is 0.647. The summed E-state index contributed by atoms with van der Waals surface area (Å²) < 4.78 is 20.7. The van der Waals surface area contributed by atoms with E-state index >= 15 is 0 Å². The molecule has 0 unspecified atom stereocenters. The molecule has 0 atom stereocenters. The third-order valence-corrected chi connectivity index (χ3v) is 4.91. The van der Waals surface area contributed by atoms with Crippen LogP contribution in [0, 0.1) is 5.82 Å². The summed E-state index contributed by atoms with van der Waals surface area (Å²) in [6.45, 7) is 0.439. The SMILES string of the molecule is Cn1c2ccccc2c2ccc(OCC(=O)NCCc3ccc(F)cc3)cc21. The fourth-order valence-corrected chi connectivity index (χ4v) is 3.43. The molecule has 28 heavy (non-hydrogen) atoms. The summed E-state index contributed by atoms with van der Waals surface area (Å²) in [5.41, 5.74) is 3.20. The van der Waals surface area contributed by atoms with Gasteiger partial charge < -0.3 is 14.6 Å². The van der Waals surface area contributed by atoms with Gasteiger partial charge in [0.1, 0.15) is 11.6 Å². The molecular weight excluding hydrogens is 355 g/mol. The fourth-order valence-electron chi connectivity index (χ4n) is 3.43. The van der Waals surface area contributed by atoms with E-state index in [4.69, 9.17) is 4.74 Å². The van der Waals surface area contributed by atoms with E-state index in [0.717, 1.165) is 22.0 Å². The molecule has 4 nitrogen and oxygen atoms in total. The molecule has 1 aromatic heterocycles. The van der Waals surface area contributed by atoms with Crippen LogP contribution in [0.25, 0.3) is 21.8 Å². The Morgan fingerprint density at radius 2 is 1.75 bits per heavy atom. The number of rotatable bonds is 6. The van der Waals surface area contributed by atoms with Crippen molar-refractivity contribution in [2.24, 2.45) is 7.05 Å². The van der Waals surface area contributed by atoms with Gasteiger partial charge in [-0.3, -0.25) is 4.79 Å². The lowest BCUT2D eigenvalue weighted by atomic mass is 10.1. The van der Waals surface area contributed by atoms with Crippen molar-refractivity contribution in [3.05, 3.63) is 78.1 Å². The second-order valence-electron chi connectivity index (χ2n) is 6.77. The molecule has 142 valence electrons. The van der Waals surface area contributed by atoms with E-state index in [1.165, 1.54) is 17.5 Å². The predicted molar refractivity (Wildman–Crippen MR) is 109 cm³/mol. The van der Waals surface area contributed by atoms with Gasteiger partial charge in [-0.05, 0) is 42.3 Å². The topological polar surface area (TPSA) is 43.3 Å². The van der Waals surface area contributed by atoms with Crippen LogP contribution in [0.5, 0.6) is 5.75 Å². The molecule has 0 saturated heterocycles. The van der Waals surface area contributed by atoms with E-state index in [-0.39, 0.29) is 18.3 Å². The molecule has 1 N–H and O–H groups in total. The number of carbonyl (C=O) groups is 1. The number of hydrogen-bond acceptors (Lipinski definition) is 2. The molecule has 1 heterocycles. The first kappa shape index (κ1) is 18.0. The van der Waals surface area contributed by atoms with E-state index in [0.29, 0.717) is 18.7 Å². The smallest absolute Gasteiger partial charge is 0.257 e. The van der Waals surface area contributed by atoms with Crippen LogP contribution >= 0.6 is 0 Å². The van der Waals surface area contributed by atoms with Crippen LogP contribution in [-0.2, 0) is 18.3 Å². The van der Waals surface area contributed by atoms with Crippen molar-refractivity contribution in [3.63, 3.8) is 0 Å². The van der Waals surface area contributed by atoms with Crippen molar-refractivity contribution in [2.45, 2.75) is 6.42 Å². The Labute approximate surface area is 162 Å². The first-order valence-corrected chi connectivity index (χ1v) is 9.23. The van der Waals surface area contributed by atoms with Gasteiger partial charge in [0.05, 0.1) is 5.52 Å². The second-order valence-corrected chi connectivity index (χ2v) is 6.77. The molecule has 4 rings (SSSR count). The molecule has 1 amide bonds. The van der Waals surface area contributed by atoms with E-state index in [1.54, 1.807) is 12.1 Å². The number of para-hydroxylation sites is 1. The van der Waals surface area contributed by atoms with E-state index in [1.807, 2.05) is 37.4 Å². The van der Waals surface area contributed by atoms with Crippen LogP contribution in [0.3, 0.4) is 0 Å². The van der Waals surface area contributed by atoms with Crippen LogP contribution < -0.4 is 10.1 Å². The Bertz CT molecular complexity index is 1130. The normalized spacial score (nSPS) is 11.1. The van der Waals surface area contributed by atoms with Crippen molar-refractivity contribution in [3.8, 4) is 5.75 Å². The largest absolute Gasteiger partial charge is 0.484 e. The van der Waals surface area contributed by atoms with E-state index in [2.05, 4.69) is 22.0 Å². The summed E-state index contributed by atoms with van der Waals surface area (Å²) >= 11 is 0. The zero-order chi connectivity index (χ0) is 19.5. The molecule has 5 heteroatoms. The van der Waals surface area contributed by atoms with E-state index < -0.39 is 0 Å². The minimum Gasteiger partial charge on any atom is -0.484 e. The Hall–Kier alpha value is -3.34. The number of nitrogens with zero attached hydrogens (tertiary/aromatic N) is 1. The van der Waals surface area contributed by atoms with Gasteiger partial charge in [-0.2, -0.15) is 0 Å². The maximum absolute atomic E-state index is 12.9. The number of amides is 1. The molecule has 0 aliphatic rings. The summed E-state index contributed by atoms with van der Waals surface area (Å²) in [5, 5.41) is 5.18. The average Bonchev–Trinajstić information content (AvgIpc) is 3.00. The highest BCUT2D eigenvalue weighted by Crippen LogP contribution is 2.30. The van der Waals surface area contributed by atoms with Gasteiger partial charge in [-0.1, -0.05) is 30.3 Å². The van der Waals surface area contributed by atoms with Crippen LogP contribution in [0.1, 0.15) is 5.56 Å². The number of aryl methyl sites for hydroxylation is 1. The van der Waals surface area contributed by atoms with Gasteiger partial charge in [-0.25, -0.2) is 4.39 Å². The Kier molecular flexibility index (Phi) is 4.98. The van der Waals surface area contributed by atoms with Crippen molar-refractivity contribution >= 4 is 27.7 Å². The summed E-state index contributed by atoms with van der Waals surface area (Å²) in [6, 6.07) is 20.4. The summed E-state index contributed by atoms with van der Waals surface area (Å²) in [5.74, 6) is 0.218. The van der Waals surface area contributed by atoms with Gasteiger partial charge in [-0.15, -0.1) is 0 Å². The zero-order valence-corrected chi connectivity index (χ0v) is 15.6. The van der Waals surface area contributed by atoms with Crippen LogP contribution in [0.4, 0.5) is 4.39 Å². The minimum absolute atomic E-state index is 0.0428. The minimum atomic E-state index is -0.260. The highest BCUT2D eigenvalue weighted by molar-refractivity contribution is 6.08. The molecule has 4 aromatic rings. The van der Waals surface area contributed by atoms with Crippen LogP contribution in [0.15, 0.2) is 66.7 Å². The van der Waals surface area contributed by atoms with Gasteiger partial charge in [0, 0.05) is 35.9 Å². The Balaban J connectivity index is 1.35. The quantitative estimate of drug-likeness (QED) is 0.548. The molecule has 0 bridgehead atoms. The highest BCUT2D eigenvalue weighted by Gasteiger charge is 2.09. The molecule has 0 aliphatic heterocycles. The summed E-state index contributed by atoms with van der Waals surface area (Å²) in [4.78, 5) is 12.0. The number of carbonyl (C=O) groups excluding carboxylic acids is 1. The molecule has 0 spiro atoms. The number of ether oxygens (including phenoxy) is 1. The molecule has 0 fully saturated rings. The number of halogens is 1. The highest BCUT2D eigenvalue weighted by atomic mass is 19.1. The lowest BCUT2D eigenvalue weighted by Crippen LogP contribution is -2.30. The average molecular weight is 376 g/mol. The number of nitrogens with one attached hydrogen (secondary N) is 1. The number of fused-ring (bicyclic) bond motifs is 3. The fraction of sp³-hybridized carbons (Fsp3) is 0.174. The molecule has 0 aliphatic carbocycles. The molecular formula is C23H21FN2O2. The lowest BCUT2D eigenvalue weighted by Gasteiger charge is -2.08. The number of hydrogen-bond donors (Lipinski definition) is 1. The maximum atomic E-state index is 12.9. The van der Waals surface area contributed by atoms with E-state index in [9.17, 15) is 9.18 Å². The van der Waals surface area contributed by atoms with Gasteiger partial charge in [0.25, 0.3) is 5.91 Å². The number of benzene rings is 3. The molecule has 0 saturated carbocycles. The third kappa shape index (κ3) is 3.69. The third-order valence-electron chi connectivity index (χ3n) is 4.91. The molecule has 3 aromatic carbocycles. The first-order chi connectivity index (χ1) is 13.6. The lowest BCUT2D eigenvalue weighted by molar-refractivity contribution is -0.123. The summed E-state index contributed by atoms with van der Waals surface area (Å²) in [7, 11) is 2.02. The van der Waals surface area contributed by atoms with Crippen LogP contribution in [0.2, 0.25) is 0 Å². The van der Waals surface area contributed by atoms with Crippen molar-refractivity contribution in [2.75, 3.05) is 13.2 Å². The number of aromatic nitrogens is 1. The predicted octanol–water partition coefficient (Wildman–Crippen LogP) is 4.21. The maximum Gasteiger partial charge on any atom is 0.257 e. The first-order valence-electron chi connectivity index (χ1n) is 9.23. The molecule has 0 radical (unpaired) electrons. The monoisotopic (exact) mass is 376 g/mol. The van der Waals surface area contributed by atoms with Crippen molar-refractivity contribution in [1.29, 1.82) is 0 Å². The van der Waals surface area contributed by atoms with Crippen molar-refractivity contribution < 1.29 is 13.9 Å². The van der Waals surface area contributed by atoms with Crippen LogP contribution in [-0.4, -0.2) is 23.6 Å². The standard InChI is InChI=1S/C23H21FN2O2/c1-26-21-5-3-2-4-19(21)20-11-10-18(14-22(20)26)28-15-23(27)25-13-12-16-6-8-17(24)9-7-16/h2-11,14H,12-13,15H2,1H3,(H,25,27). The Morgan fingerprint density at radius 3 is 2.57 bits per heavy atom. The zero-order valence-electron chi connectivity index (χ0n) is 15.6.